The van der Waals surface area contributed by atoms with Crippen molar-refractivity contribution < 1.29 is 9.47 Å². The molecule has 3 aliphatic rings. The Kier molecular flexibility index (Phi) is 24.3. The lowest BCUT2D eigenvalue weighted by Crippen LogP contribution is -2.33. The van der Waals surface area contributed by atoms with Crippen LogP contribution in [0.2, 0.25) is 0 Å². The summed E-state index contributed by atoms with van der Waals surface area (Å²) in [5.74, 6) is 3.54. The van der Waals surface area contributed by atoms with Gasteiger partial charge in [0.15, 0.2) is 5.88 Å². The van der Waals surface area contributed by atoms with Gasteiger partial charge in [0.05, 0.1) is 48.7 Å². The standard InChI is InChI=1S/C37H41N7O.C7H16.C6H11NO.C3H8.C2H2.CH4S/c1-21(2)38-18-23(4)44-22(3)8-13-33(44)36-39-19-31(41-36)25-9-11-27-26(15-25)20-45-34-17-28-24(16-29(27)34)10-12-30-35(28)42-37(40-30)32-7-6-14-43(32)5;1-3-5-7-6-4-2;1-4-5-7-6(2)8-3;1-3-2;2*1-2/h9-12,15-17,19,22,32-33,38H,1,4,6-8,13-14,18,20H2,2-3,5H3,(H,39,41)(H,40,42);3-7H2,1-2H3;4,7H,1-2,5H2,3H3;3H2,1-2H3;1-2H;2H,1H3/t22-,32?,33?;;;;;/m0...../s1. The molecule has 11 heteroatoms. The zero-order valence-electron chi connectivity index (χ0n) is 42.4. The van der Waals surface area contributed by atoms with Crippen LogP contribution >= 0.6 is 12.6 Å². The van der Waals surface area contributed by atoms with Crippen LogP contribution in [0.15, 0.2) is 98.3 Å². The highest BCUT2D eigenvalue weighted by Crippen LogP contribution is 2.43. The van der Waals surface area contributed by atoms with E-state index in [1.807, 2.05) is 13.1 Å². The van der Waals surface area contributed by atoms with Gasteiger partial charge in [0.1, 0.15) is 24.0 Å². The van der Waals surface area contributed by atoms with E-state index in [9.17, 15) is 0 Å². The number of unbranched alkanes of at least 4 members (excludes halogenated alkanes) is 4. The van der Waals surface area contributed by atoms with Crippen molar-refractivity contribution in [1.29, 1.82) is 0 Å². The molecule has 2 aromatic heterocycles. The van der Waals surface area contributed by atoms with Gasteiger partial charge >= 0.3 is 0 Å². The number of methoxy groups -OCH3 is 1. The van der Waals surface area contributed by atoms with E-state index >= 15 is 0 Å². The van der Waals surface area contributed by atoms with E-state index in [0.29, 0.717) is 37.7 Å². The number of imidazole rings is 2. The molecule has 0 amide bonds. The molecule has 2 unspecified atom stereocenters. The minimum Gasteiger partial charge on any atom is -0.488 e. The molecule has 4 N–H and O–H groups in total. The fraction of sp³-hybridized carbons (Fsp3) is 0.464. The molecule has 0 saturated carbocycles. The summed E-state index contributed by atoms with van der Waals surface area (Å²) in [6, 6.07) is 16.4. The van der Waals surface area contributed by atoms with Crippen molar-refractivity contribution in [3.05, 3.63) is 116 Å². The van der Waals surface area contributed by atoms with Crippen LogP contribution in [0.25, 0.3) is 44.2 Å². The van der Waals surface area contributed by atoms with E-state index in [1.165, 1.54) is 61.5 Å². The highest BCUT2D eigenvalue weighted by molar-refractivity contribution is 7.79. The molecule has 2 saturated heterocycles. The van der Waals surface area contributed by atoms with Crippen molar-refractivity contribution in [2.75, 3.05) is 40.0 Å². The molecule has 0 spiro atoms. The normalized spacial score (nSPS) is 16.5. The minimum atomic E-state index is 0.186. The lowest BCUT2D eigenvalue weighted by Gasteiger charge is -2.31. The maximum Gasteiger partial charge on any atom is 0.179 e. The fourth-order valence-electron chi connectivity index (χ4n) is 8.60. The summed E-state index contributed by atoms with van der Waals surface area (Å²) in [7, 11) is 3.76. The van der Waals surface area contributed by atoms with Gasteiger partial charge in [-0.05, 0) is 112 Å². The van der Waals surface area contributed by atoms with E-state index in [-0.39, 0.29) is 6.04 Å². The zero-order valence-corrected chi connectivity index (χ0v) is 43.3. The van der Waals surface area contributed by atoms with E-state index in [1.54, 1.807) is 19.4 Å². The Labute approximate surface area is 409 Å². The Morgan fingerprint density at radius 1 is 0.925 bits per heavy atom. The third-order valence-electron chi connectivity index (χ3n) is 11.9. The van der Waals surface area contributed by atoms with Crippen LogP contribution in [0, 0.1) is 12.8 Å². The number of ether oxygens (including phenoxy) is 2. The summed E-state index contributed by atoms with van der Waals surface area (Å²) in [5, 5.41) is 8.48. The second-order valence-corrected chi connectivity index (χ2v) is 17.2. The number of aromatic amines is 2. The summed E-state index contributed by atoms with van der Waals surface area (Å²) in [6.07, 6.45) is 26.2. The number of terminal acetylenes is 1. The number of nitrogens with zero attached hydrogens (tertiary/aromatic N) is 4. The van der Waals surface area contributed by atoms with Gasteiger partial charge in [-0.15, -0.1) is 19.4 Å². The molecule has 5 aromatic rings. The molecule has 8 rings (SSSR count). The molecule has 5 heterocycles. The second kappa shape index (κ2) is 29.2. The first kappa shape index (κ1) is 55.8. The van der Waals surface area contributed by atoms with Crippen molar-refractivity contribution >= 4 is 34.4 Å². The summed E-state index contributed by atoms with van der Waals surface area (Å²) >= 11 is 3.53. The van der Waals surface area contributed by atoms with Gasteiger partial charge in [-0.25, -0.2) is 9.97 Å². The van der Waals surface area contributed by atoms with E-state index in [2.05, 4.69) is 166 Å². The van der Waals surface area contributed by atoms with Gasteiger partial charge in [0.2, 0.25) is 0 Å². The molecule has 0 aliphatic carbocycles. The third-order valence-corrected chi connectivity index (χ3v) is 11.9. The second-order valence-electron chi connectivity index (χ2n) is 17.2. The lowest BCUT2D eigenvalue weighted by atomic mass is 9.92. The molecule has 3 aromatic carbocycles. The number of aromatic nitrogens is 4. The average Bonchev–Trinajstić information content (AvgIpc) is 4.18. The van der Waals surface area contributed by atoms with Crippen LogP contribution < -0.4 is 15.4 Å². The number of allylic oxidation sites excluding steroid dienone is 1. The molecule has 10 nitrogen and oxygen atoms in total. The van der Waals surface area contributed by atoms with Gasteiger partial charge in [-0.1, -0.05) is 104 Å². The molecular weight excluding hydrogens is 849 g/mol. The van der Waals surface area contributed by atoms with E-state index < -0.39 is 0 Å². The SMILES string of the molecule is C#C.C=C(C)NCC(=C)N1C(c2ncc(-c3ccc4c(c3)COc3cc5c(ccc6[nH]c(C7CCCN7C)nc65)cc3-4)[nH]2)CC[C@@H]1C.C=CCNC(=C)OC.CCC.CCCCCCC.CS. The Morgan fingerprint density at radius 2 is 1.64 bits per heavy atom. The minimum absolute atomic E-state index is 0.186. The van der Waals surface area contributed by atoms with Crippen molar-refractivity contribution in [2.45, 2.75) is 130 Å². The molecule has 0 radical (unpaired) electrons. The number of nitrogens with one attached hydrogen (secondary N) is 4. The van der Waals surface area contributed by atoms with Crippen molar-refractivity contribution in [3.8, 4) is 41.0 Å². The summed E-state index contributed by atoms with van der Waals surface area (Å²) in [6.45, 7) is 31.4. The van der Waals surface area contributed by atoms with Gasteiger partial charge in [0.25, 0.3) is 0 Å². The maximum atomic E-state index is 6.40. The largest absolute Gasteiger partial charge is 0.488 e. The summed E-state index contributed by atoms with van der Waals surface area (Å²) in [4.78, 5) is 22.0. The van der Waals surface area contributed by atoms with Gasteiger partial charge in [0, 0.05) is 34.9 Å². The Bertz CT molecular complexity index is 2340. The van der Waals surface area contributed by atoms with Crippen LogP contribution in [0.4, 0.5) is 0 Å². The van der Waals surface area contributed by atoms with Crippen LogP contribution in [0.5, 0.6) is 5.75 Å². The van der Waals surface area contributed by atoms with Crippen LogP contribution in [-0.4, -0.2) is 75.8 Å². The summed E-state index contributed by atoms with van der Waals surface area (Å²) in [5.41, 5.74) is 9.78. The molecule has 364 valence electrons. The number of hydrogen-bond acceptors (Lipinski definition) is 9. The summed E-state index contributed by atoms with van der Waals surface area (Å²) < 4.78 is 11.1. The van der Waals surface area contributed by atoms with Gasteiger partial charge in [-0.3, -0.25) is 4.90 Å². The maximum absolute atomic E-state index is 6.40. The highest BCUT2D eigenvalue weighted by Gasteiger charge is 2.34. The number of likely N-dealkylation sites (tertiary alicyclic amines) is 2. The number of benzene rings is 3. The quantitative estimate of drug-likeness (QED) is 0.0232. The predicted octanol–water partition coefficient (Wildman–Crippen LogP) is 13.7. The number of hydrogen-bond donors (Lipinski definition) is 5. The van der Waals surface area contributed by atoms with Gasteiger partial charge in [-0.2, -0.15) is 12.6 Å². The van der Waals surface area contributed by atoms with Crippen LogP contribution in [0.3, 0.4) is 0 Å². The number of H-pyrrole nitrogens is 2. The monoisotopic (exact) mass is 931 g/mol. The number of fused-ring (bicyclic) bond motifs is 6. The van der Waals surface area contributed by atoms with Crippen molar-refractivity contribution in [3.63, 3.8) is 0 Å². The predicted molar refractivity (Wildman–Crippen MR) is 290 cm³/mol. The highest BCUT2D eigenvalue weighted by atomic mass is 32.1. The Hall–Kier alpha value is -5.57. The van der Waals surface area contributed by atoms with Gasteiger partial charge < -0.3 is 35.0 Å². The van der Waals surface area contributed by atoms with Crippen LogP contribution in [-0.2, 0) is 11.3 Å². The molecule has 3 atom stereocenters. The fourth-order valence-corrected chi connectivity index (χ4v) is 8.60. The Morgan fingerprint density at radius 3 is 2.27 bits per heavy atom. The molecule has 0 bridgehead atoms. The first-order chi connectivity index (χ1) is 32.5. The smallest absolute Gasteiger partial charge is 0.179 e. The lowest BCUT2D eigenvalue weighted by molar-refractivity contribution is 0.254. The number of thiol groups is 1. The molecular formula is C56H82N8O2S. The van der Waals surface area contributed by atoms with Crippen molar-refractivity contribution in [1.82, 2.24) is 40.4 Å². The third kappa shape index (κ3) is 15.2. The topological polar surface area (TPSA) is 106 Å². The van der Waals surface area contributed by atoms with E-state index in [0.717, 1.165) is 87.8 Å². The number of rotatable bonds is 15. The molecule has 3 aliphatic heterocycles. The first-order valence-electron chi connectivity index (χ1n) is 24.2. The molecule has 67 heavy (non-hydrogen) atoms. The first-order valence-corrected chi connectivity index (χ1v) is 25.1. The molecule has 2 fully saturated rings. The van der Waals surface area contributed by atoms with Crippen LogP contribution in [0.1, 0.15) is 135 Å². The average molecular weight is 931 g/mol. The Balaban J connectivity index is 0.000000456. The zero-order chi connectivity index (χ0) is 49.5. The van der Waals surface area contributed by atoms with E-state index in [4.69, 9.17) is 19.4 Å². The van der Waals surface area contributed by atoms with Crippen molar-refractivity contribution in [2.24, 2.45) is 0 Å².